The number of amides is 1. The maximum absolute atomic E-state index is 11.5. The van der Waals surface area contributed by atoms with E-state index >= 15 is 0 Å². The van der Waals surface area contributed by atoms with E-state index in [1.165, 1.54) is 47.0 Å². The molecule has 0 aliphatic rings. The summed E-state index contributed by atoms with van der Waals surface area (Å²) >= 11 is 4.33. The highest BCUT2D eigenvalue weighted by atomic mass is 32.2. The lowest BCUT2D eigenvalue weighted by atomic mass is 10.2. The highest BCUT2D eigenvalue weighted by molar-refractivity contribution is 8.03. The summed E-state index contributed by atoms with van der Waals surface area (Å²) in [6.45, 7) is 2.69. The highest BCUT2D eigenvalue weighted by Gasteiger charge is 2.09. The van der Waals surface area contributed by atoms with Crippen molar-refractivity contribution in [2.24, 2.45) is 0 Å². The summed E-state index contributed by atoms with van der Waals surface area (Å²) in [5.74, 6) is 0.993. The maximum atomic E-state index is 11.5. The second kappa shape index (κ2) is 9.60. The number of nitrogens with one attached hydrogen (secondary N) is 1. The summed E-state index contributed by atoms with van der Waals surface area (Å²) in [7, 11) is 0. The Morgan fingerprint density at radius 1 is 1.25 bits per heavy atom. The molecule has 10 heteroatoms. The number of carbonyl (C=O) groups excluding carboxylic acids is 1. The predicted octanol–water partition coefficient (Wildman–Crippen LogP) is 3.36. The Labute approximate surface area is 151 Å². The van der Waals surface area contributed by atoms with Crippen molar-refractivity contribution < 1.29 is 9.72 Å². The van der Waals surface area contributed by atoms with E-state index in [4.69, 9.17) is 0 Å². The summed E-state index contributed by atoms with van der Waals surface area (Å²) in [4.78, 5) is 21.7. The zero-order valence-electron chi connectivity index (χ0n) is 12.9. The van der Waals surface area contributed by atoms with Gasteiger partial charge in [0.1, 0.15) is 0 Å². The number of hydrogen-bond acceptors (Lipinski definition) is 8. The van der Waals surface area contributed by atoms with Gasteiger partial charge in [-0.1, -0.05) is 53.9 Å². The van der Waals surface area contributed by atoms with Gasteiger partial charge in [-0.05, 0) is 12.0 Å². The van der Waals surface area contributed by atoms with Crippen molar-refractivity contribution in [3.05, 3.63) is 39.9 Å². The molecule has 24 heavy (non-hydrogen) atoms. The molecule has 2 aromatic rings. The van der Waals surface area contributed by atoms with Crippen LogP contribution in [-0.2, 0) is 10.5 Å². The zero-order chi connectivity index (χ0) is 17.4. The van der Waals surface area contributed by atoms with E-state index in [1.807, 2.05) is 6.92 Å². The fraction of sp³-hybridized carbons (Fsp3) is 0.357. The monoisotopic (exact) mass is 384 g/mol. The van der Waals surface area contributed by atoms with Gasteiger partial charge < -0.3 is 5.32 Å². The molecule has 0 aliphatic heterocycles. The van der Waals surface area contributed by atoms with E-state index in [0.717, 1.165) is 20.7 Å². The molecular formula is C14H16N4O3S3. The molecule has 0 saturated carbocycles. The van der Waals surface area contributed by atoms with E-state index < -0.39 is 4.92 Å². The maximum Gasteiger partial charge on any atom is 0.269 e. The minimum atomic E-state index is -0.415. The Balaban J connectivity index is 1.79. The Kier molecular flexibility index (Phi) is 7.47. The lowest BCUT2D eigenvalue weighted by molar-refractivity contribution is -0.384. The van der Waals surface area contributed by atoms with Crippen LogP contribution in [0.2, 0.25) is 0 Å². The van der Waals surface area contributed by atoms with Crippen LogP contribution in [0.5, 0.6) is 0 Å². The van der Waals surface area contributed by atoms with E-state index in [1.54, 1.807) is 12.1 Å². The standard InChI is InChI=1S/C14H16N4O3S3/c1-2-7-15-12(19)9-23-14-17-16-13(24-14)22-8-10-3-5-11(6-4-10)18(20)21/h3-6H,2,7-9H2,1H3,(H,15,19). The van der Waals surface area contributed by atoms with E-state index in [0.29, 0.717) is 18.1 Å². The van der Waals surface area contributed by atoms with Crippen molar-refractivity contribution in [3.8, 4) is 0 Å². The highest BCUT2D eigenvalue weighted by Crippen LogP contribution is 2.30. The molecule has 1 N–H and O–H groups in total. The predicted molar refractivity (Wildman–Crippen MR) is 96.6 cm³/mol. The number of non-ortho nitro benzene ring substituents is 1. The van der Waals surface area contributed by atoms with Gasteiger partial charge in [0.05, 0.1) is 10.7 Å². The number of nitro benzene ring substituents is 1. The molecule has 0 aliphatic carbocycles. The van der Waals surface area contributed by atoms with Crippen molar-refractivity contribution in [2.75, 3.05) is 12.3 Å². The molecule has 0 fully saturated rings. The number of nitrogens with zero attached hydrogens (tertiary/aromatic N) is 3. The second-order valence-corrected chi connectivity index (χ2v) is 8.11. The summed E-state index contributed by atoms with van der Waals surface area (Å²) in [5.41, 5.74) is 1.06. The molecule has 0 spiro atoms. The van der Waals surface area contributed by atoms with Crippen LogP contribution in [-0.4, -0.2) is 33.3 Å². The molecule has 1 amide bonds. The number of carbonyl (C=O) groups is 1. The molecular weight excluding hydrogens is 368 g/mol. The fourth-order valence-corrected chi connectivity index (χ4v) is 4.42. The van der Waals surface area contributed by atoms with Crippen LogP contribution in [0.3, 0.4) is 0 Å². The first-order valence-electron chi connectivity index (χ1n) is 7.17. The number of thioether (sulfide) groups is 2. The molecule has 128 valence electrons. The van der Waals surface area contributed by atoms with Crippen LogP contribution in [0.25, 0.3) is 0 Å². The van der Waals surface area contributed by atoms with Gasteiger partial charge in [-0.15, -0.1) is 10.2 Å². The first-order valence-corrected chi connectivity index (χ1v) is 9.96. The van der Waals surface area contributed by atoms with Gasteiger partial charge in [-0.25, -0.2) is 0 Å². The first-order chi connectivity index (χ1) is 11.6. The molecule has 0 atom stereocenters. The molecule has 0 radical (unpaired) electrons. The average Bonchev–Trinajstić information content (AvgIpc) is 3.04. The van der Waals surface area contributed by atoms with E-state index in [-0.39, 0.29) is 11.6 Å². The van der Waals surface area contributed by atoms with Crippen molar-refractivity contribution in [1.82, 2.24) is 15.5 Å². The molecule has 1 heterocycles. The van der Waals surface area contributed by atoms with Crippen LogP contribution in [0.1, 0.15) is 18.9 Å². The topological polar surface area (TPSA) is 98.0 Å². The molecule has 0 unspecified atom stereocenters. The van der Waals surface area contributed by atoms with Gasteiger partial charge in [0, 0.05) is 24.4 Å². The van der Waals surface area contributed by atoms with E-state index in [9.17, 15) is 14.9 Å². The molecule has 1 aromatic heterocycles. The SMILES string of the molecule is CCCNC(=O)CSc1nnc(SCc2ccc([N+](=O)[O-])cc2)s1. The van der Waals surface area contributed by atoms with Crippen molar-refractivity contribution in [2.45, 2.75) is 27.8 Å². The van der Waals surface area contributed by atoms with Crippen molar-refractivity contribution >= 4 is 46.5 Å². The van der Waals surface area contributed by atoms with Crippen molar-refractivity contribution in [3.63, 3.8) is 0 Å². The molecule has 2 rings (SSSR count). The van der Waals surface area contributed by atoms with Crippen LogP contribution >= 0.6 is 34.9 Å². The quantitative estimate of drug-likeness (QED) is 0.402. The Bertz CT molecular complexity index is 691. The van der Waals surface area contributed by atoms with Gasteiger partial charge in [0.25, 0.3) is 5.69 Å². The van der Waals surface area contributed by atoms with Crippen molar-refractivity contribution in [1.29, 1.82) is 0 Å². The van der Waals surface area contributed by atoms with Gasteiger partial charge in [-0.3, -0.25) is 14.9 Å². The number of benzene rings is 1. The molecule has 1 aromatic carbocycles. The van der Waals surface area contributed by atoms with Gasteiger partial charge in [0.2, 0.25) is 5.91 Å². The summed E-state index contributed by atoms with van der Waals surface area (Å²) in [6, 6.07) is 6.46. The zero-order valence-corrected chi connectivity index (χ0v) is 15.4. The minimum absolute atomic E-state index is 0.00265. The Morgan fingerprint density at radius 3 is 2.54 bits per heavy atom. The third kappa shape index (κ3) is 6.10. The van der Waals surface area contributed by atoms with Crippen LogP contribution in [0.15, 0.2) is 32.9 Å². The lowest BCUT2D eigenvalue weighted by Crippen LogP contribution is -2.25. The van der Waals surface area contributed by atoms with Gasteiger partial charge >= 0.3 is 0 Å². The first kappa shape index (κ1) is 18.7. The molecule has 0 bridgehead atoms. The van der Waals surface area contributed by atoms with E-state index in [2.05, 4.69) is 15.5 Å². The normalized spacial score (nSPS) is 10.5. The third-order valence-corrected chi connectivity index (χ3v) is 6.06. The van der Waals surface area contributed by atoms with Crippen LogP contribution in [0.4, 0.5) is 5.69 Å². The van der Waals surface area contributed by atoms with Crippen LogP contribution < -0.4 is 5.32 Å². The summed E-state index contributed by atoms with van der Waals surface area (Å²) in [6.07, 6.45) is 0.915. The second-order valence-electron chi connectivity index (χ2n) is 4.68. The third-order valence-electron chi connectivity index (χ3n) is 2.80. The molecule has 0 saturated heterocycles. The van der Waals surface area contributed by atoms with Gasteiger partial charge in [-0.2, -0.15) is 0 Å². The number of aromatic nitrogens is 2. The smallest absolute Gasteiger partial charge is 0.269 e. The Hall–Kier alpha value is -1.65. The van der Waals surface area contributed by atoms with Gasteiger partial charge in [0.15, 0.2) is 8.68 Å². The lowest BCUT2D eigenvalue weighted by Gasteiger charge is -2.00. The number of hydrogen-bond donors (Lipinski definition) is 1. The van der Waals surface area contributed by atoms with Crippen LogP contribution in [0, 0.1) is 10.1 Å². The Morgan fingerprint density at radius 2 is 1.92 bits per heavy atom. The average molecular weight is 385 g/mol. The minimum Gasteiger partial charge on any atom is -0.355 e. The molecule has 7 nitrogen and oxygen atoms in total. The number of rotatable bonds is 9. The fourth-order valence-electron chi connectivity index (χ4n) is 1.62. The summed E-state index contributed by atoms with van der Waals surface area (Å²) < 4.78 is 1.57. The summed E-state index contributed by atoms with van der Waals surface area (Å²) in [5, 5.41) is 21.6. The largest absolute Gasteiger partial charge is 0.355 e. The number of nitro groups is 1.